The zero-order chi connectivity index (χ0) is 19.9. The van der Waals surface area contributed by atoms with Crippen LogP contribution >= 0.6 is 0 Å². The van der Waals surface area contributed by atoms with Crippen molar-refractivity contribution in [2.75, 3.05) is 19.7 Å². The van der Waals surface area contributed by atoms with E-state index in [1.807, 2.05) is 6.92 Å². The van der Waals surface area contributed by atoms with Crippen LogP contribution in [-0.2, 0) is 9.53 Å². The summed E-state index contributed by atoms with van der Waals surface area (Å²) in [4.78, 5) is 30.4. The van der Waals surface area contributed by atoms with Crippen LogP contribution < -0.4 is 5.32 Å². The van der Waals surface area contributed by atoms with Gasteiger partial charge in [-0.2, -0.15) is 0 Å². The first-order valence-corrected chi connectivity index (χ1v) is 9.91. The number of amides is 2. The number of piperidine rings is 1. The Kier molecular flexibility index (Phi) is 4.79. The standard InChI is InChI=1S/C20H27N3O5/c1-19(22-16(25)13-2-3-13)7-11-28-20(18(19)27)5-9-23(10-6-20)17(26)14-4-8-21-12-15(14)24/h4,8,12-13,18,24,27H,2-3,5-7,9-11H2,1H3,(H,22,25)/t18-,19+/m0/s1. The zero-order valence-electron chi connectivity index (χ0n) is 16.1. The van der Waals surface area contributed by atoms with Gasteiger partial charge in [-0.25, -0.2) is 0 Å². The molecule has 2 atom stereocenters. The first-order valence-electron chi connectivity index (χ1n) is 9.91. The molecule has 2 amide bonds. The summed E-state index contributed by atoms with van der Waals surface area (Å²) in [7, 11) is 0. The Balaban J connectivity index is 1.44. The monoisotopic (exact) mass is 389 g/mol. The van der Waals surface area contributed by atoms with Crippen molar-refractivity contribution in [3.63, 3.8) is 0 Å². The van der Waals surface area contributed by atoms with Crippen LogP contribution in [0.2, 0.25) is 0 Å². The molecule has 1 saturated carbocycles. The van der Waals surface area contributed by atoms with Crippen LogP contribution in [0.1, 0.15) is 49.4 Å². The van der Waals surface area contributed by atoms with Crippen molar-refractivity contribution in [2.45, 2.75) is 56.3 Å². The second-order valence-corrected chi connectivity index (χ2v) is 8.43. The second kappa shape index (κ2) is 7.00. The summed E-state index contributed by atoms with van der Waals surface area (Å²) in [6.07, 6.45) is 5.21. The van der Waals surface area contributed by atoms with Gasteiger partial charge in [0.15, 0.2) is 0 Å². The van der Waals surface area contributed by atoms with Gasteiger partial charge >= 0.3 is 0 Å². The van der Waals surface area contributed by atoms with Gasteiger partial charge in [-0.3, -0.25) is 14.6 Å². The molecule has 28 heavy (non-hydrogen) atoms. The van der Waals surface area contributed by atoms with Gasteiger partial charge in [-0.15, -0.1) is 0 Å². The number of aliphatic hydroxyl groups excluding tert-OH is 1. The van der Waals surface area contributed by atoms with Crippen molar-refractivity contribution in [3.8, 4) is 5.75 Å². The van der Waals surface area contributed by atoms with Crippen molar-refractivity contribution >= 4 is 11.8 Å². The van der Waals surface area contributed by atoms with E-state index in [1.54, 1.807) is 4.90 Å². The molecule has 2 aliphatic heterocycles. The van der Waals surface area contributed by atoms with E-state index in [0.29, 0.717) is 39.0 Å². The molecular formula is C20H27N3O5. The Bertz CT molecular complexity index is 773. The predicted molar refractivity (Wildman–Crippen MR) is 99.6 cm³/mol. The average molecular weight is 389 g/mol. The fourth-order valence-electron chi connectivity index (χ4n) is 4.37. The molecule has 1 aromatic rings. The molecule has 1 spiro atoms. The van der Waals surface area contributed by atoms with E-state index < -0.39 is 17.2 Å². The second-order valence-electron chi connectivity index (χ2n) is 8.43. The summed E-state index contributed by atoms with van der Waals surface area (Å²) in [5.74, 6) is -0.309. The highest BCUT2D eigenvalue weighted by atomic mass is 16.5. The summed E-state index contributed by atoms with van der Waals surface area (Å²) in [5, 5.41) is 24.1. The van der Waals surface area contributed by atoms with Gasteiger partial charge in [0.1, 0.15) is 11.9 Å². The first kappa shape index (κ1) is 19.1. The van der Waals surface area contributed by atoms with E-state index in [2.05, 4.69) is 10.3 Å². The molecule has 0 bridgehead atoms. The zero-order valence-corrected chi connectivity index (χ0v) is 16.1. The molecule has 0 unspecified atom stereocenters. The Morgan fingerprint density at radius 1 is 1.29 bits per heavy atom. The number of carbonyl (C=O) groups excluding carboxylic acids is 2. The SMILES string of the molecule is C[C@@]1(NC(=O)C2CC2)CCOC2(CCN(C(=O)c3ccncc3O)CC2)[C@H]1O. The predicted octanol–water partition coefficient (Wildman–Crippen LogP) is 0.828. The summed E-state index contributed by atoms with van der Waals surface area (Å²) >= 11 is 0. The Morgan fingerprint density at radius 2 is 2.00 bits per heavy atom. The van der Waals surface area contributed by atoms with Gasteiger partial charge in [-0.05, 0) is 45.1 Å². The number of aromatic hydroxyl groups is 1. The molecule has 8 nitrogen and oxygen atoms in total. The molecule has 3 aliphatic rings. The Morgan fingerprint density at radius 3 is 2.64 bits per heavy atom. The molecule has 3 heterocycles. The van der Waals surface area contributed by atoms with E-state index in [4.69, 9.17) is 4.74 Å². The quantitative estimate of drug-likeness (QED) is 0.706. The van der Waals surface area contributed by atoms with Crippen molar-refractivity contribution < 1.29 is 24.5 Å². The average Bonchev–Trinajstić information content (AvgIpc) is 3.52. The third-order valence-corrected chi connectivity index (χ3v) is 6.40. The van der Waals surface area contributed by atoms with Crippen LogP contribution in [0.5, 0.6) is 5.75 Å². The van der Waals surface area contributed by atoms with Crippen LogP contribution in [0.4, 0.5) is 0 Å². The van der Waals surface area contributed by atoms with E-state index in [-0.39, 0.29) is 29.0 Å². The maximum atomic E-state index is 12.7. The summed E-state index contributed by atoms with van der Waals surface area (Å²) in [5.41, 5.74) is -1.29. The minimum Gasteiger partial charge on any atom is -0.505 e. The molecule has 8 heteroatoms. The highest BCUT2D eigenvalue weighted by molar-refractivity contribution is 5.96. The maximum absolute atomic E-state index is 12.7. The molecule has 3 N–H and O–H groups in total. The van der Waals surface area contributed by atoms with Gasteiger partial charge in [0.05, 0.1) is 22.9 Å². The smallest absolute Gasteiger partial charge is 0.257 e. The van der Waals surface area contributed by atoms with Crippen LogP contribution in [0, 0.1) is 5.92 Å². The van der Waals surface area contributed by atoms with Crippen molar-refractivity contribution in [2.24, 2.45) is 5.92 Å². The summed E-state index contributed by atoms with van der Waals surface area (Å²) in [6.45, 7) is 3.15. The number of hydrogen-bond donors (Lipinski definition) is 3. The number of aromatic nitrogens is 1. The molecule has 4 rings (SSSR count). The van der Waals surface area contributed by atoms with Crippen molar-refractivity contribution in [3.05, 3.63) is 24.0 Å². The van der Waals surface area contributed by atoms with E-state index in [9.17, 15) is 19.8 Å². The minimum atomic E-state index is -0.844. The van der Waals surface area contributed by atoms with Crippen LogP contribution in [0.15, 0.2) is 18.5 Å². The summed E-state index contributed by atoms with van der Waals surface area (Å²) in [6, 6.07) is 1.50. The van der Waals surface area contributed by atoms with Crippen LogP contribution in [0.3, 0.4) is 0 Å². The molecule has 2 saturated heterocycles. The molecular weight excluding hydrogens is 362 g/mol. The molecule has 3 fully saturated rings. The van der Waals surface area contributed by atoms with Gasteiger partial charge in [-0.1, -0.05) is 0 Å². The highest BCUT2D eigenvalue weighted by Gasteiger charge is 2.54. The van der Waals surface area contributed by atoms with Crippen LogP contribution in [-0.4, -0.2) is 68.9 Å². The van der Waals surface area contributed by atoms with Crippen LogP contribution in [0.25, 0.3) is 0 Å². The first-order chi connectivity index (χ1) is 13.3. The fraction of sp³-hybridized carbons (Fsp3) is 0.650. The van der Waals surface area contributed by atoms with Gasteiger partial charge in [0, 0.05) is 31.8 Å². The number of rotatable bonds is 3. The van der Waals surface area contributed by atoms with Gasteiger partial charge in [0.25, 0.3) is 5.91 Å². The Hall–Kier alpha value is -2.19. The molecule has 0 aromatic carbocycles. The van der Waals surface area contributed by atoms with Crippen molar-refractivity contribution in [1.29, 1.82) is 0 Å². The molecule has 0 radical (unpaired) electrons. The lowest BCUT2D eigenvalue weighted by atomic mass is 9.73. The topological polar surface area (TPSA) is 112 Å². The third kappa shape index (κ3) is 3.35. The minimum absolute atomic E-state index is 0.0133. The van der Waals surface area contributed by atoms with Gasteiger partial charge in [0.2, 0.25) is 5.91 Å². The molecule has 152 valence electrons. The lowest BCUT2D eigenvalue weighted by Crippen LogP contribution is -2.69. The normalized spacial score (nSPS) is 29.5. The number of nitrogens with one attached hydrogen (secondary N) is 1. The number of likely N-dealkylation sites (tertiary alicyclic amines) is 1. The van der Waals surface area contributed by atoms with Crippen molar-refractivity contribution in [1.82, 2.24) is 15.2 Å². The van der Waals surface area contributed by atoms with E-state index in [0.717, 1.165) is 12.8 Å². The molecule has 1 aliphatic carbocycles. The lowest BCUT2D eigenvalue weighted by Gasteiger charge is -2.53. The number of hydrogen-bond acceptors (Lipinski definition) is 6. The van der Waals surface area contributed by atoms with Gasteiger partial charge < -0.3 is 25.2 Å². The largest absolute Gasteiger partial charge is 0.505 e. The summed E-state index contributed by atoms with van der Waals surface area (Å²) < 4.78 is 6.03. The number of aliphatic hydroxyl groups is 1. The van der Waals surface area contributed by atoms with E-state index in [1.165, 1.54) is 18.5 Å². The lowest BCUT2D eigenvalue weighted by molar-refractivity contribution is -0.205. The molecule has 1 aromatic heterocycles. The van der Waals surface area contributed by atoms with E-state index >= 15 is 0 Å². The maximum Gasteiger partial charge on any atom is 0.257 e. The number of carbonyl (C=O) groups is 2. The number of nitrogens with zero attached hydrogens (tertiary/aromatic N) is 2. The number of pyridine rings is 1. The fourth-order valence-corrected chi connectivity index (χ4v) is 4.37. The highest BCUT2D eigenvalue weighted by Crippen LogP contribution is 2.41. The third-order valence-electron chi connectivity index (χ3n) is 6.40. The Labute approximate surface area is 163 Å². The number of ether oxygens (including phenoxy) is 1.